The molecule has 2 heterocycles. The molecule has 1 aromatic rings. The van der Waals surface area contributed by atoms with Crippen LogP contribution in [-0.4, -0.2) is 59.8 Å². The maximum atomic E-state index is 5.48. The van der Waals surface area contributed by atoms with E-state index in [-0.39, 0.29) is 6.10 Å². The van der Waals surface area contributed by atoms with Gasteiger partial charge in [0.25, 0.3) is 0 Å². The Morgan fingerprint density at radius 1 is 1.37 bits per heavy atom. The first-order valence-corrected chi connectivity index (χ1v) is 10.3. The lowest BCUT2D eigenvalue weighted by molar-refractivity contribution is 0.0683. The summed E-state index contributed by atoms with van der Waals surface area (Å²) >= 11 is 0. The van der Waals surface area contributed by atoms with Gasteiger partial charge in [0.05, 0.1) is 0 Å². The molecule has 2 unspecified atom stereocenters. The Labute approximate surface area is 163 Å². The summed E-state index contributed by atoms with van der Waals surface area (Å²) < 4.78 is 10.7. The van der Waals surface area contributed by atoms with E-state index in [9.17, 15) is 0 Å². The van der Waals surface area contributed by atoms with Crippen LogP contribution in [0.3, 0.4) is 0 Å². The van der Waals surface area contributed by atoms with E-state index < -0.39 is 0 Å². The third-order valence-corrected chi connectivity index (χ3v) is 4.84. The number of hydrogen-bond donors (Lipinski definition) is 2. The molecule has 1 aliphatic rings. The largest absolute Gasteiger partial charge is 0.371 e. The normalized spacial score (nSPS) is 19.9. The maximum Gasteiger partial charge on any atom is 0.248 e. The van der Waals surface area contributed by atoms with Crippen LogP contribution >= 0.6 is 0 Å². The Bertz CT molecular complexity index is 562. The first-order valence-electron chi connectivity index (χ1n) is 10.3. The molecule has 154 valence electrons. The first kappa shape index (κ1) is 21.6. The van der Waals surface area contributed by atoms with Gasteiger partial charge in [0.1, 0.15) is 12.6 Å². The number of likely N-dealkylation sites (tertiary alicyclic amines) is 1. The highest BCUT2D eigenvalue weighted by Crippen LogP contribution is 2.16. The molecule has 0 spiro atoms. The fraction of sp³-hybridized carbons (Fsp3) is 0.842. The molecule has 1 saturated heterocycles. The average Bonchev–Trinajstić information content (AvgIpc) is 3.14. The molecule has 0 aliphatic carbocycles. The number of guanidine groups is 1. The zero-order valence-corrected chi connectivity index (χ0v) is 17.3. The van der Waals surface area contributed by atoms with Crippen LogP contribution in [0.5, 0.6) is 0 Å². The van der Waals surface area contributed by atoms with Crippen molar-refractivity contribution >= 4 is 5.96 Å². The zero-order valence-electron chi connectivity index (χ0n) is 17.3. The van der Waals surface area contributed by atoms with Gasteiger partial charge in [-0.05, 0) is 53.5 Å². The van der Waals surface area contributed by atoms with Gasteiger partial charge in [-0.15, -0.1) is 0 Å². The molecule has 1 aliphatic heterocycles. The minimum Gasteiger partial charge on any atom is -0.371 e. The molecule has 0 bridgehead atoms. The van der Waals surface area contributed by atoms with E-state index >= 15 is 0 Å². The van der Waals surface area contributed by atoms with Crippen molar-refractivity contribution in [1.82, 2.24) is 25.7 Å². The minimum absolute atomic E-state index is 0.167. The van der Waals surface area contributed by atoms with Crippen molar-refractivity contribution in [3.05, 3.63) is 11.7 Å². The summed E-state index contributed by atoms with van der Waals surface area (Å²) in [5.41, 5.74) is 0. The van der Waals surface area contributed by atoms with Gasteiger partial charge >= 0.3 is 0 Å². The number of aromatic nitrogens is 2. The molecule has 0 saturated carbocycles. The molecule has 0 radical (unpaired) electrons. The van der Waals surface area contributed by atoms with Gasteiger partial charge in [-0.3, -0.25) is 0 Å². The van der Waals surface area contributed by atoms with Crippen molar-refractivity contribution in [3.8, 4) is 0 Å². The van der Waals surface area contributed by atoms with Crippen LogP contribution in [0.4, 0.5) is 0 Å². The SMILES string of the molecule is CCNC(=NCc1nc(C(C)OCC)no1)NCCCN1CCCCC1C. The average molecular weight is 381 g/mol. The second-order valence-electron chi connectivity index (χ2n) is 7.00. The van der Waals surface area contributed by atoms with E-state index in [1.165, 1.54) is 25.8 Å². The molecular formula is C19H36N6O2. The second-order valence-corrected chi connectivity index (χ2v) is 7.00. The fourth-order valence-electron chi connectivity index (χ4n) is 3.29. The van der Waals surface area contributed by atoms with Gasteiger partial charge in [-0.25, -0.2) is 4.99 Å². The Balaban J connectivity index is 1.76. The van der Waals surface area contributed by atoms with Crippen molar-refractivity contribution in [1.29, 1.82) is 0 Å². The quantitative estimate of drug-likeness (QED) is 0.366. The molecule has 2 N–H and O–H groups in total. The summed E-state index contributed by atoms with van der Waals surface area (Å²) in [6, 6.07) is 0.714. The van der Waals surface area contributed by atoms with Crippen LogP contribution in [0.1, 0.15) is 71.2 Å². The highest BCUT2D eigenvalue weighted by molar-refractivity contribution is 5.79. The van der Waals surface area contributed by atoms with Crippen LogP contribution in [0.2, 0.25) is 0 Å². The van der Waals surface area contributed by atoms with Crippen LogP contribution in [0.25, 0.3) is 0 Å². The van der Waals surface area contributed by atoms with Crippen molar-refractivity contribution in [2.45, 2.75) is 72.1 Å². The van der Waals surface area contributed by atoms with Gasteiger partial charge in [0.15, 0.2) is 11.8 Å². The number of aliphatic imine (C=N–C) groups is 1. The van der Waals surface area contributed by atoms with Crippen molar-refractivity contribution < 1.29 is 9.26 Å². The van der Waals surface area contributed by atoms with Gasteiger partial charge in [-0.2, -0.15) is 4.98 Å². The lowest BCUT2D eigenvalue weighted by atomic mass is 10.0. The number of hydrogen-bond acceptors (Lipinski definition) is 6. The third-order valence-electron chi connectivity index (χ3n) is 4.84. The van der Waals surface area contributed by atoms with Gasteiger partial charge in [0, 0.05) is 32.3 Å². The summed E-state index contributed by atoms with van der Waals surface area (Å²) in [7, 11) is 0. The highest BCUT2D eigenvalue weighted by atomic mass is 16.5. The maximum absolute atomic E-state index is 5.48. The van der Waals surface area contributed by atoms with Gasteiger partial charge < -0.3 is 24.8 Å². The number of rotatable bonds is 10. The van der Waals surface area contributed by atoms with Crippen LogP contribution in [-0.2, 0) is 11.3 Å². The number of piperidine rings is 1. The molecule has 2 rings (SSSR count). The molecule has 0 amide bonds. The van der Waals surface area contributed by atoms with Gasteiger partial charge in [-0.1, -0.05) is 11.6 Å². The van der Waals surface area contributed by atoms with E-state index in [1.807, 2.05) is 13.8 Å². The Kier molecular flexibility index (Phi) is 9.55. The zero-order chi connectivity index (χ0) is 19.5. The van der Waals surface area contributed by atoms with E-state index in [2.05, 4.69) is 44.5 Å². The molecule has 1 fully saturated rings. The highest BCUT2D eigenvalue weighted by Gasteiger charge is 2.17. The first-order chi connectivity index (χ1) is 13.1. The number of nitrogens with zero attached hydrogens (tertiary/aromatic N) is 4. The number of nitrogens with one attached hydrogen (secondary N) is 2. The minimum atomic E-state index is -0.167. The standard InChI is InChI=1S/C19H36N6O2/c1-5-20-19(21-11-9-13-25-12-8-7-10-15(25)3)22-14-17-23-18(24-27-17)16(4)26-6-2/h15-16H,5-14H2,1-4H3,(H2,20,21,22). The summed E-state index contributed by atoms with van der Waals surface area (Å²) in [6.07, 6.45) is 4.96. The lowest BCUT2D eigenvalue weighted by Crippen LogP contribution is -2.41. The summed E-state index contributed by atoms with van der Waals surface area (Å²) in [5.74, 6) is 1.84. The smallest absolute Gasteiger partial charge is 0.248 e. The topological polar surface area (TPSA) is 87.8 Å². The van der Waals surface area contributed by atoms with Crippen molar-refractivity contribution in [2.24, 2.45) is 4.99 Å². The predicted octanol–water partition coefficient (Wildman–Crippen LogP) is 2.49. The van der Waals surface area contributed by atoms with E-state index in [0.29, 0.717) is 30.9 Å². The number of ether oxygens (including phenoxy) is 1. The fourth-order valence-corrected chi connectivity index (χ4v) is 3.29. The van der Waals surface area contributed by atoms with Crippen molar-refractivity contribution in [3.63, 3.8) is 0 Å². The Morgan fingerprint density at radius 2 is 2.22 bits per heavy atom. The van der Waals surface area contributed by atoms with E-state index in [4.69, 9.17) is 9.26 Å². The Hall–Kier alpha value is -1.67. The summed E-state index contributed by atoms with van der Waals surface area (Å²) in [4.78, 5) is 11.5. The predicted molar refractivity (Wildman–Crippen MR) is 107 cm³/mol. The third kappa shape index (κ3) is 7.46. The lowest BCUT2D eigenvalue weighted by Gasteiger charge is -2.33. The van der Waals surface area contributed by atoms with Crippen molar-refractivity contribution in [2.75, 3.05) is 32.8 Å². The van der Waals surface area contributed by atoms with E-state index in [1.54, 1.807) is 0 Å². The molecule has 1 aromatic heterocycles. The molecular weight excluding hydrogens is 344 g/mol. The molecule has 8 heteroatoms. The molecule has 2 atom stereocenters. The summed E-state index contributed by atoms with van der Waals surface area (Å²) in [6.45, 7) is 13.3. The van der Waals surface area contributed by atoms with Crippen LogP contribution in [0.15, 0.2) is 9.52 Å². The summed E-state index contributed by atoms with van der Waals surface area (Å²) in [5, 5.41) is 10.6. The molecule has 27 heavy (non-hydrogen) atoms. The van der Waals surface area contributed by atoms with Crippen LogP contribution < -0.4 is 10.6 Å². The second kappa shape index (κ2) is 11.9. The monoisotopic (exact) mass is 380 g/mol. The molecule has 8 nitrogen and oxygen atoms in total. The van der Waals surface area contributed by atoms with Crippen LogP contribution in [0, 0.1) is 0 Å². The van der Waals surface area contributed by atoms with E-state index in [0.717, 1.165) is 32.0 Å². The Morgan fingerprint density at radius 3 is 2.96 bits per heavy atom. The molecule has 0 aromatic carbocycles. The van der Waals surface area contributed by atoms with Gasteiger partial charge in [0.2, 0.25) is 5.89 Å².